The zero-order valence-corrected chi connectivity index (χ0v) is 19.4. The highest BCUT2D eigenvalue weighted by molar-refractivity contribution is 5.98. The van der Waals surface area contributed by atoms with E-state index in [1.807, 2.05) is 78.9 Å². The van der Waals surface area contributed by atoms with Crippen LogP contribution in [0.25, 0.3) is 0 Å². The first-order valence-corrected chi connectivity index (χ1v) is 12.1. The predicted octanol–water partition coefficient (Wildman–Crippen LogP) is 6.12. The zero-order chi connectivity index (χ0) is 23.6. The highest BCUT2D eigenvalue weighted by Crippen LogP contribution is 2.30. The Morgan fingerprint density at radius 2 is 1.50 bits per heavy atom. The van der Waals surface area contributed by atoms with Crippen LogP contribution in [0.1, 0.15) is 44.1 Å². The van der Waals surface area contributed by atoms with Crippen LogP contribution in [0.3, 0.4) is 0 Å². The van der Waals surface area contributed by atoms with E-state index in [0.29, 0.717) is 35.9 Å². The van der Waals surface area contributed by atoms with Crippen LogP contribution in [-0.4, -0.2) is 17.9 Å². The summed E-state index contributed by atoms with van der Waals surface area (Å²) in [7, 11) is 0. The fraction of sp³-hybridized carbons (Fsp3) is 0.310. The summed E-state index contributed by atoms with van der Waals surface area (Å²) in [5.74, 6) is 1.53. The number of carbonyl (C=O) groups excluding carboxylic acids is 2. The van der Waals surface area contributed by atoms with Crippen LogP contribution in [0.4, 0.5) is 5.69 Å². The minimum Gasteiger partial charge on any atom is -0.455 e. The first kappa shape index (κ1) is 23.6. The number of hydrogen-bond acceptors (Lipinski definition) is 3. The molecule has 176 valence electrons. The van der Waals surface area contributed by atoms with E-state index < -0.39 is 6.04 Å². The Labute approximate surface area is 201 Å². The van der Waals surface area contributed by atoms with Crippen LogP contribution in [-0.2, 0) is 16.0 Å². The van der Waals surface area contributed by atoms with E-state index in [2.05, 4.69) is 10.6 Å². The number of para-hydroxylation sites is 3. The lowest BCUT2D eigenvalue weighted by atomic mass is 10.0. The minimum atomic E-state index is -0.678. The van der Waals surface area contributed by atoms with Gasteiger partial charge >= 0.3 is 0 Å². The van der Waals surface area contributed by atoms with Crippen LogP contribution < -0.4 is 15.4 Å². The molecule has 0 spiro atoms. The van der Waals surface area contributed by atoms with Gasteiger partial charge in [0.15, 0.2) is 5.75 Å². The Morgan fingerprint density at radius 1 is 0.853 bits per heavy atom. The molecular formula is C29H32N2O3. The summed E-state index contributed by atoms with van der Waals surface area (Å²) < 4.78 is 5.98. The molecule has 0 aliphatic heterocycles. The number of anilines is 1. The van der Waals surface area contributed by atoms with Crippen LogP contribution in [0.2, 0.25) is 0 Å². The SMILES string of the molecule is O=C(CCC1CCCC1)NC(Cc1ccccc1)C(=O)Nc1ccccc1Oc1ccccc1. The molecule has 2 amide bonds. The maximum Gasteiger partial charge on any atom is 0.247 e. The van der Waals surface area contributed by atoms with Crippen LogP contribution >= 0.6 is 0 Å². The van der Waals surface area contributed by atoms with Crippen molar-refractivity contribution < 1.29 is 14.3 Å². The van der Waals surface area contributed by atoms with E-state index in [9.17, 15) is 9.59 Å². The molecule has 0 radical (unpaired) electrons. The van der Waals surface area contributed by atoms with Gasteiger partial charge in [-0.05, 0) is 42.2 Å². The summed E-state index contributed by atoms with van der Waals surface area (Å²) in [4.78, 5) is 26.1. The fourth-order valence-corrected chi connectivity index (χ4v) is 4.45. The van der Waals surface area contributed by atoms with Crippen molar-refractivity contribution in [2.75, 3.05) is 5.32 Å². The monoisotopic (exact) mass is 456 g/mol. The van der Waals surface area contributed by atoms with Gasteiger partial charge in [0, 0.05) is 12.8 Å². The van der Waals surface area contributed by atoms with Crippen molar-refractivity contribution in [3.05, 3.63) is 90.5 Å². The predicted molar refractivity (Wildman–Crippen MR) is 135 cm³/mol. The molecule has 0 heterocycles. The van der Waals surface area contributed by atoms with Crippen molar-refractivity contribution in [3.8, 4) is 11.5 Å². The van der Waals surface area contributed by atoms with Crippen molar-refractivity contribution in [3.63, 3.8) is 0 Å². The van der Waals surface area contributed by atoms with Gasteiger partial charge in [0.05, 0.1) is 5.69 Å². The molecule has 34 heavy (non-hydrogen) atoms. The van der Waals surface area contributed by atoms with Crippen molar-refractivity contribution in [1.29, 1.82) is 0 Å². The van der Waals surface area contributed by atoms with Gasteiger partial charge in [0.1, 0.15) is 11.8 Å². The third kappa shape index (κ3) is 6.95. The van der Waals surface area contributed by atoms with Gasteiger partial charge < -0.3 is 15.4 Å². The maximum atomic E-state index is 13.3. The van der Waals surface area contributed by atoms with Gasteiger partial charge in [0.25, 0.3) is 0 Å². The Bertz CT molecular complexity index is 1060. The molecule has 4 rings (SSSR count). The van der Waals surface area contributed by atoms with Crippen molar-refractivity contribution in [2.24, 2.45) is 5.92 Å². The highest BCUT2D eigenvalue weighted by atomic mass is 16.5. The fourth-order valence-electron chi connectivity index (χ4n) is 4.45. The molecule has 3 aromatic rings. The minimum absolute atomic E-state index is 0.0724. The van der Waals surface area contributed by atoms with Gasteiger partial charge in [-0.3, -0.25) is 9.59 Å². The summed E-state index contributed by atoms with van der Waals surface area (Å²) in [6.07, 6.45) is 6.70. The first-order chi connectivity index (χ1) is 16.7. The quantitative estimate of drug-likeness (QED) is 0.386. The molecule has 1 unspecified atom stereocenters. The molecule has 2 N–H and O–H groups in total. The summed E-state index contributed by atoms with van der Waals surface area (Å²) in [5.41, 5.74) is 1.56. The second-order valence-corrected chi connectivity index (χ2v) is 8.90. The second-order valence-electron chi connectivity index (χ2n) is 8.90. The van der Waals surface area contributed by atoms with E-state index in [1.54, 1.807) is 6.07 Å². The summed E-state index contributed by atoms with van der Waals surface area (Å²) in [5, 5.41) is 5.96. The molecular weight excluding hydrogens is 424 g/mol. The van der Waals surface area contributed by atoms with E-state index in [-0.39, 0.29) is 11.8 Å². The number of hydrogen-bond donors (Lipinski definition) is 2. The smallest absolute Gasteiger partial charge is 0.247 e. The van der Waals surface area contributed by atoms with Gasteiger partial charge in [-0.25, -0.2) is 0 Å². The molecule has 0 bridgehead atoms. The molecule has 3 aromatic carbocycles. The average Bonchev–Trinajstić information content (AvgIpc) is 3.39. The highest BCUT2D eigenvalue weighted by Gasteiger charge is 2.23. The molecule has 0 aromatic heterocycles. The Morgan fingerprint density at radius 3 is 2.24 bits per heavy atom. The molecule has 1 fully saturated rings. The first-order valence-electron chi connectivity index (χ1n) is 12.1. The van der Waals surface area contributed by atoms with Gasteiger partial charge in [-0.15, -0.1) is 0 Å². The third-order valence-electron chi connectivity index (χ3n) is 6.30. The number of benzene rings is 3. The Kier molecular flexibility index (Phi) is 8.33. The standard InChI is InChI=1S/C29H32N2O3/c32-28(20-19-22-11-7-8-12-22)30-26(21-23-13-3-1-4-14-23)29(33)31-25-17-9-10-18-27(25)34-24-15-5-2-6-16-24/h1-6,9-10,13-18,22,26H,7-8,11-12,19-21H2,(H,30,32)(H,31,33). The van der Waals surface area contributed by atoms with E-state index in [4.69, 9.17) is 4.74 Å². The summed E-state index contributed by atoms with van der Waals surface area (Å²) in [6, 6.07) is 25.8. The van der Waals surface area contributed by atoms with Crippen molar-refractivity contribution >= 4 is 17.5 Å². The normalized spacial score (nSPS) is 14.4. The van der Waals surface area contributed by atoms with E-state index in [0.717, 1.165) is 12.0 Å². The number of amides is 2. The molecule has 1 aliphatic rings. The number of ether oxygens (including phenoxy) is 1. The summed E-state index contributed by atoms with van der Waals surface area (Å²) in [6.45, 7) is 0. The van der Waals surface area contributed by atoms with Gasteiger partial charge in [-0.1, -0.05) is 86.3 Å². The lowest BCUT2D eigenvalue weighted by Gasteiger charge is -2.20. The van der Waals surface area contributed by atoms with Crippen LogP contribution in [0.15, 0.2) is 84.9 Å². The van der Waals surface area contributed by atoms with E-state index in [1.165, 1.54) is 25.7 Å². The Hall–Kier alpha value is -3.60. The van der Waals surface area contributed by atoms with Crippen molar-refractivity contribution in [2.45, 2.75) is 51.0 Å². The Balaban J connectivity index is 1.45. The molecule has 1 atom stereocenters. The lowest BCUT2D eigenvalue weighted by Crippen LogP contribution is -2.45. The van der Waals surface area contributed by atoms with Crippen LogP contribution in [0, 0.1) is 5.92 Å². The molecule has 5 nitrogen and oxygen atoms in total. The van der Waals surface area contributed by atoms with Crippen molar-refractivity contribution in [1.82, 2.24) is 5.32 Å². The number of carbonyl (C=O) groups is 2. The number of nitrogens with one attached hydrogen (secondary N) is 2. The molecule has 1 saturated carbocycles. The number of rotatable bonds is 10. The average molecular weight is 457 g/mol. The molecule has 1 aliphatic carbocycles. The van der Waals surface area contributed by atoms with Gasteiger partial charge in [0.2, 0.25) is 11.8 Å². The van der Waals surface area contributed by atoms with Crippen LogP contribution in [0.5, 0.6) is 11.5 Å². The largest absolute Gasteiger partial charge is 0.455 e. The molecule has 5 heteroatoms. The topological polar surface area (TPSA) is 67.4 Å². The lowest BCUT2D eigenvalue weighted by molar-refractivity contribution is -0.126. The zero-order valence-electron chi connectivity index (χ0n) is 19.4. The summed E-state index contributed by atoms with van der Waals surface area (Å²) >= 11 is 0. The third-order valence-corrected chi connectivity index (χ3v) is 6.30. The molecule has 0 saturated heterocycles. The van der Waals surface area contributed by atoms with E-state index >= 15 is 0 Å². The van der Waals surface area contributed by atoms with Gasteiger partial charge in [-0.2, -0.15) is 0 Å². The maximum absolute atomic E-state index is 13.3. The second kappa shape index (κ2) is 12.0.